The van der Waals surface area contributed by atoms with Gasteiger partial charge in [0.15, 0.2) is 5.60 Å². The number of hydrogen-bond donors (Lipinski definition) is 1. The Labute approximate surface area is 118 Å². The third kappa shape index (κ3) is 2.30. The van der Waals surface area contributed by atoms with Gasteiger partial charge >= 0.3 is 5.97 Å². The smallest absolute Gasteiger partial charge is 0.339 e. The Morgan fingerprint density at radius 3 is 2.80 bits per heavy atom. The number of ether oxygens (including phenoxy) is 1. The summed E-state index contributed by atoms with van der Waals surface area (Å²) in [6, 6.07) is 7.45. The van der Waals surface area contributed by atoms with Crippen molar-refractivity contribution >= 4 is 11.9 Å². The van der Waals surface area contributed by atoms with Gasteiger partial charge in [-0.1, -0.05) is 18.2 Å². The SMILES string of the molecule is CC(NC(=O)C1(C)Cc2ccccc2C(=O)O1)C1CC1. The fourth-order valence-electron chi connectivity index (χ4n) is 2.73. The van der Waals surface area contributed by atoms with Crippen LogP contribution in [0, 0.1) is 5.92 Å². The summed E-state index contributed by atoms with van der Waals surface area (Å²) in [6.45, 7) is 3.70. The lowest BCUT2D eigenvalue weighted by molar-refractivity contribution is -0.140. The summed E-state index contributed by atoms with van der Waals surface area (Å²) in [4.78, 5) is 24.5. The van der Waals surface area contributed by atoms with E-state index >= 15 is 0 Å². The molecule has 1 aromatic carbocycles. The first-order valence-electron chi connectivity index (χ1n) is 7.12. The molecule has 0 aromatic heterocycles. The van der Waals surface area contributed by atoms with Crippen molar-refractivity contribution in [2.24, 2.45) is 5.92 Å². The highest BCUT2D eigenvalue weighted by atomic mass is 16.6. The van der Waals surface area contributed by atoms with E-state index in [1.807, 2.05) is 19.1 Å². The minimum absolute atomic E-state index is 0.148. The second-order valence-electron chi connectivity index (χ2n) is 6.05. The Morgan fingerprint density at radius 2 is 2.10 bits per heavy atom. The van der Waals surface area contributed by atoms with Crippen LogP contribution in [0.5, 0.6) is 0 Å². The maximum Gasteiger partial charge on any atom is 0.339 e. The number of cyclic esters (lactones) is 1. The number of nitrogens with one attached hydrogen (secondary N) is 1. The van der Waals surface area contributed by atoms with Crippen molar-refractivity contribution in [1.82, 2.24) is 5.32 Å². The summed E-state index contributed by atoms with van der Waals surface area (Å²) in [5, 5.41) is 2.99. The standard InChI is InChI=1S/C16H19NO3/c1-10(11-7-8-11)17-15(19)16(2)9-12-5-3-4-6-13(12)14(18)20-16/h3-6,10-11H,7-9H2,1-2H3,(H,17,19). The monoisotopic (exact) mass is 273 g/mol. The minimum Gasteiger partial charge on any atom is -0.445 e. The molecule has 1 aromatic rings. The van der Waals surface area contributed by atoms with E-state index in [0.29, 0.717) is 17.9 Å². The average Bonchev–Trinajstić information content (AvgIpc) is 3.22. The lowest BCUT2D eigenvalue weighted by Gasteiger charge is -2.34. The van der Waals surface area contributed by atoms with E-state index < -0.39 is 11.6 Å². The highest BCUT2D eigenvalue weighted by Gasteiger charge is 2.43. The van der Waals surface area contributed by atoms with Gasteiger partial charge in [-0.05, 0) is 44.2 Å². The first-order valence-corrected chi connectivity index (χ1v) is 7.12. The molecular weight excluding hydrogens is 254 g/mol. The molecule has 1 aliphatic carbocycles. The van der Waals surface area contributed by atoms with Gasteiger partial charge in [0, 0.05) is 12.5 Å². The Balaban J connectivity index is 1.79. The molecule has 2 atom stereocenters. The van der Waals surface area contributed by atoms with Crippen molar-refractivity contribution in [2.75, 3.05) is 0 Å². The first kappa shape index (κ1) is 13.2. The molecular formula is C16H19NO3. The topological polar surface area (TPSA) is 55.4 Å². The number of rotatable bonds is 3. The number of fused-ring (bicyclic) bond motifs is 1. The first-order chi connectivity index (χ1) is 9.49. The van der Waals surface area contributed by atoms with Gasteiger partial charge in [-0.2, -0.15) is 0 Å². The molecule has 0 saturated heterocycles. The Kier molecular flexibility index (Phi) is 3.04. The second-order valence-corrected chi connectivity index (χ2v) is 6.05. The van der Waals surface area contributed by atoms with Gasteiger partial charge < -0.3 is 10.1 Å². The minimum atomic E-state index is -1.10. The van der Waals surface area contributed by atoms with Crippen LogP contribution >= 0.6 is 0 Å². The lowest BCUT2D eigenvalue weighted by atomic mass is 9.89. The molecule has 3 rings (SSSR count). The summed E-state index contributed by atoms with van der Waals surface area (Å²) < 4.78 is 5.41. The molecule has 2 aliphatic rings. The van der Waals surface area contributed by atoms with Crippen LogP contribution in [-0.2, 0) is 16.0 Å². The van der Waals surface area contributed by atoms with Gasteiger partial charge in [0.2, 0.25) is 0 Å². The zero-order chi connectivity index (χ0) is 14.3. The maximum atomic E-state index is 12.4. The number of carbonyl (C=O) groups is 2. The molecule has 106 valence electrons. The van der Waals surface area contributed by atoms with Crippen molar-refractivity contribution in [3.63, 3.8) is 0 Å². The number of carbonyl (C=O) groups excluding carboxylic acids is 2. The molecule has 1 fully saturated rings. The Morgan fingerprint density at radius 1 is 1.40 bits per heavy atom. The number of amides is 1. The summed E-state index contributed by atoms with van der Waals surface area (Å²) >= 11 is 0. The van der Waals surface area contributed by atoms with Crippen LogP contribution < -0.4 is 5.32 Å². The van der Waals surface area contributed by atoms with Crippen molar-refractivity contribution in [3.8, 4) is 0 Å². The molecule has 4 nitrogen and oxygen atoms in total. The summed E-state index contributed by atoms with van der Waals surface area (Å²) in [6.07, 6.45) is 2.76. The van der Waals surface area contributed by atoms with Gasteiger partial charge in [0.1, 0.15) is 0 Å². The normalized spacial score (nSPS) is 26.4. The molecule has 20 heavy (non-hydrogen) atoms. The zero-order valence-corrected chi connectivity index (χ0v) is 11.8. The van der Waals surface area contributed by atoms with E-state index in [2.05, 4.69) is 5.32 Å². The summed E-state index contributed by atoms with van der Waals surface area (Å²) in [5.74, 6) is -0.0301. The van der Waals surface area contributed by atoms with Crippen LogP contribution in [0.25, 0.3) is 0 Å². The van der Waals surface area contributed by atoms with Gasteiger partial charge in [-0.3, -0.25) is 4.79 Å². The molecule has 4 heteroatoms. The molecule has 1 heterocycles. The Hall–Kier alpha value is -1.84. The number of hydrogen-bond acceptors (Lipinski definition) is 3. The van der Waals surface area contributed by atoms with Crippen LogP contribution in [0.3, 0.4) is 0 Å². The van der Waals surface area contributed by atoms with Crippen molar-refractivity contribution in [2.45, 2.75) is 44.8 Å². The summed E-state index contributed by atoms with van der Waals surface area (Å²) in [7, 11) is 0. The molecule has 0 radical (unpaired) electrons. The summed E-state index contributed by atoms with van der Waals surface area (Å²) in [5.41, 5.74) is 0.336. The molecule has 1 N–H and O–H groups in total. The van der Waals surface area contributed by atoms with Crippen molar-refractivity contribution in [3.05, 3.63) is 35.4 Å². The van der Waals surface area contributed by atoms with E-state index in [1.165, 1.54) is 12.8 Å². The van der Waals surface area contributed by atoms with E-state index in [4.69, 9.17) is 4.74 Å². The van der Waals surface area contributed by atoms with Crippen LogP contribution in [0.4, 0.5) is 0 Å². The predicted octanol–water partition coefficient (Wildman–Crippen LogP) is 2.07. The Bertz CT molecular complexity index is 565. The fourth-order valence-corrected chi connectivity index (χ4v) is 2.73. The third-order valence-electron chi connectivity index (χ3n) is 4.25. The number of benzene rings is 1. The molecule has 1 aliphatic heterocycles. The van der Waals surface area contributed by atoms with E-state index in [0.717, 1.165) is 5.56 Å². The highest BCUT2D eigenvalue weighted by Crippen LogP contribution is 2.33. The van der Waals surface area contributed by atoms with Crippen LogP contribution in [0.1, 0.15) is 42.6 Å². The van der Waals surface area contributed by atoms with Gasteiger partial charge in [0.05, 0.1) is 5.56 Å². The highest BCUT2D eigenvalue weighted by molar-refractivity contribution is 5.97. The van der Waals surface area contributed by atoms with Gasteiger partial charge in [-0.15, -0.1) is 0 Å². The molecule has 2 unspecified atom stereocenters. The second kappa shape index (κ2) is 4.62. The quantitative estimate of drug-likeness (QED) is 0.858. The van der Waals surface area contributed by atoms with Crippen LogP contribution in [-0.4, -0.2) is 23.5 Å². The predicted molar refractivity (Wildman–Crippen MR) is 74.3 cm³/mol. The van der Waals surface area contributed by atoms with Crippen molar-refractivity contribution < 1.29 is 14.3 Å². The average molecular weight is 273 g/mol. The molecule has 1 amide bonds. The van der Waals surface area contributed by atoms with Crippen molar-refractivity contribution in [1.29, 1.82) is 0 Å². The molecule has 0 bridgehead atoms. The maximum absolute atomic E-state index is 12.4. The zero-order valence-electron chi connectivity index (χ0n) is 11.8. The molecule has 1 saturated carbocycles. The largest absolute Gasteiger partial charge is 0.445 e. The molecule has 0 spiro atoms. The van der Waals surface area contributed by atoms with Gasteiger partial charge in [0.25, 0.3) is 5.91 Å². The van der Waals surface area contributed by atoms with E-state index in [-0.39, 0.29) is 11.9 Å². The van der Waals surface area contributed by atoms with E-state index in [9.17, 15) is 9.59 Å². The van der Waals surface area contributed by atoms with Gasteiger partial charge in [-0.25, -0.2) is 4.79 Å². The number of esters is 1. The van der Waals surface area contributed by atoms with Crippen LogP contribution in [0.15, 0.2) is 24.3 Å². The van der Waals surface area contributed by atoms with E-state index in [1.54, 1.807) is 19.1 Å². The fraction of sp³-hybridized carbons (Fsp3) is 0.500. The lowest BCUT2D eigenvalue weighted by Crippen LogP contribution is -2.53. The van der Waals surface area contributed by atoms with Crippen LogP contribution in [0.2, 0.25) is 0 Å². The third-order valence-corrected chi connectivity index (χ3v) is 4.25.